The summed E-state index contributed by atoms with van der Waals surface area (Å²) in [6, 6.07) is 20.4. The van der Waals surface area contributed by atoms with Crippen molar-refractivity contribution < 1.29 is 14.6 Å². The van der Waals surface area contributed by atoms with Crippen molar-refractivity contribution in [3.8, 4) is 11.5 Å². The average molecular weight is 571 g/mol. The third-order valence-corrected chi connectivity index (χ3v) is 5.86. The lowest BCUT2D eigenvalue weighted by Crippen LogP contribution is -2.08. The smallest absolute Gasteiger partial charge is 0.120 e. The Kier molecular flexibility index (Phi) is 19.7. The number of aryl methyl sites for hydroxylation is 3. The number of hydrogen-bond acceptors (Lipinski definition) is 3. The highest BCUT2D eigenvalue weighted by atomic mass is 16.5. The molecule has 0 spiro atoms. The molecule has 0 radical (unpaired) electrons. The summed E-state index contributed by atoms with van der Waals surface area (Å²) in [4.78, 5) is 0. The van der Waals surface area contributed by atoms with E-state index in [2.05, 4.69) is 69.0 Å². The van der Waals surface area contributed by atoms with E-state index in [4.69, 9.17) is 9.47 Å². The van der Waals surface area contributed by atoms with Gasteiger partial charge in [0.25, 0.3) is 0 Å². The molecule has 0 aromatic heterocycles. The van der Waals surface area contributed by atoms with Crippen LogP contribution in [0.3, 0.4) is 0 Å². The summed E-state index contributed by atoms with van der Waals surface area (Å²) in [6.45, 7) is 25.7. The van der Waals surface area contributed by atoms with Crippen LogP contribution < -0.4 is 9.47 Å². The van der Waals surface area contributed by atoms with Crippen LogP contribution >= 0.6 is 0 Å². The molecule has 2 unspecified atom stereocenters. The van der Waals surface area contributed by atoms with Gasteiger partial charge in [0.1, 0.15) is 29.5 Å². The molecule has 228 valence electrons. The molecule has 2 atom stereocenters. The molecule has 0 heterocycles. The van der Waals surface area contributed by atoms with Crippen molar-refractivity contribution in [2.24, 2.45) is 0 Å². The van der Waals surface area contributed by atoms with Crippen molar-refractivity contribution in [3.63, 3.8) is 0 Å². The molecule has 0 bridgehead atoms. The van der Waals surface area contributed by atoms with E-state index in [0.29, 0.717) is 0 Å². The lowest BCUT2D eigenvalue weighted by Gasteiger charge is -2.14. The number of hydrogen-bond donors (Lipinski definition) is 1. The van der Waals surface area contributed by atoms with Gasteiger partial charge in [-0.2, -0.15) is 0 Å². The number of allylic oxidation sites excluding steroid dienone is 1. The second-order valence-electron chi connectivity index (χ2n) is 9.08. The fraction of sp³-hybridized carbons (Fsp3) is 0.333. The summed E-state index contributed by atoms with van der Waals surface area (Å²) < 4.78 is 12.2. The van der Waals surface area contributed by atoms with Crippen molar-refractivity contribution >= 4 is 18.2 Å². The van der Waals surface area contributed by atoms with Gasteiger partial charge in [-0.25, -0.2) is 0 Å². The van der Waals surface area contributed by atoms with E-state index in [9.17, 15) is 5.11 Å². The molecule has 42 heavy (non-hydrogen) atoms. The molecular formula is C39H54O3. The van der Waals surface area contributed by atoms with E-state index < -0.39 is 0 Å². The highest BCUT2D eigenvalue weighted by Gasteiger charge is 2.05. The minimum absolute atomic E-state index is 0.0351. The average Bonchev–Trinajstić information content (AvgIpc) is 2.99. The molecule has 3 aromatic carbocycles. The normalized spacial score (nSPS) is 11.9. The van der Waals surface area contributed by atoms with Gasteiger partial charge in [0.05, 0.1) is 0 Å². The maximum atomic E-state index is 9.25. The molecular weight excluding hydrogens is 516 g/mol. The van der Waals surface area contributed by atoms with Crippen LogP contribution in [-0.2, 0) is 0 Å². The largest absolute Gasteiger partial charge is 0.509 e. The van der Waals surface area contributed by atoms with Crippen molar-refractivity contribution in [1.29, 1.82) is 0 Å². The topological polar surface area (TPSA) is 38.7 Å². The quantitative estimate of drug-likeness (QED) is 0.195. The lowest BCUT2D eigenvalue weighted by molar-refractivity contribution is 0.270. The molecule has 0 saturated heterocycles. The summed E-state index contributed by atoms with van der Waals surface area (Å²) in [5, 5.41) is 9.25. The zero-order valence-electron chi connectivity index (χ0n) is 27.9. The molecule has 0 aliphatic heterocycles. The predicted octanol–water partition coefficient (Wildman–Crippen LogP) is 11.7. The lowest BCUT2D eigenvalue weighted by atomic mass is 10.1. The van der Waals surface area contributed by atoms with Gasteiger partial charge in [-0.05, 0) is 110 Å². The molecule has 0 aliphatic rings. The fourth-order valence-electron chi connectivity index (χ4n) is 3.76. The zero-order valence-corrected chi connectivity index (χ0v) is 27.9. The van der Waals surface area contributed by atoms with Crippen molar-refractivity contribution in [1.82, 2.24) is 0 Å². The number of aliphatic hydroxyl groups is 1. The second-order valence-corrected chi connectivity index (χ2v) is 9.08. The molecule has 1 N–H and O–H groups in total. The van der Waals surface area contributed by atoms with Gasteiger partial charge in [0.15, 0.2) is 0 Å². The molecule has 0 fully saturated rings. The Morgan fingerprint density at radius 2 is 1.02 bits per heavy atom. The van der Waals surface area contributed by atoms with E-state index in [1.54, 1.807) is 6.08 Å². The maximum absolute atomic E-state index is 9.25. The Morgan fingerprint density at radius 1 is 0.619 bits per heavy atom. The first kappa shape index (κ1) is 38.0. The van der Waals surface area contributed by atoms with Crippen LogP contribution in [-0.4, -0.2) is 17.3 Å². The van der Waals surface area contributed by atoms with E-state index in [1.165, 1.54) is 11.1 Å². The van der Waals surface area contributed by atoms with Gasteiger partial charge >= 0.3 is 0 Å². The molecule has 0 amide bonds. The van der Waals surface area contributed by atoms with Crippen LogP contribution in [0.1, 0.15) is 88.8 Å². The van der Waals surface area contributed by atoms with Crippen molar-refractivity contribution in [3.05, 3.63) is 125 Å². The van der Waals surface area contributed by atoms with E-state index >= 15 is 0 Å². The Balaban J connectivity index is 0.00000263. The highest BCUT2D eigenvalue weighted by molar-refractivity contribution is 5.58. The minimum atomic E-state index is -0.0926. The summed E-state index contributed by atoms with van der Waals surface area (Å²) in [5.41, 5.74) is 6.80. The van der Waals surface area contributed by atoms with Crippen LogP contribution in [0, 0.1) is 20.8 Å². The first-order valence-electron chi connectivity index (χ1n) is 15.2. The standard InChI is InChI=1S/C33H36O3.3C2H6/c1-23-9-7-8-10-29(23)15-12-27(5)35-33-20-18-31(25(3)22-33)16-13-28(6)36-32-19-17-30(24(2)21-32)14-11-26(4)34;3*1-2/h7-22,27-28,34H,4H2,1-3,5-6H3;3*1-2H3/b14-11-,15-12-,16-13-;;;. The van der Waals surface area contributed by atoms with Gasteiger partial charge in [-0.3, -0.25) is 0 Å². The van der Waals surface area contributed by atoms with Crippen LogP contribution in [0.4, 0.5) is 0 Å². The SMILES string of the molecule is C=C(O)/C=C\c1ccc(OC(C)/C=C\c2ccc(OC(C)/C=C\c3ccccc3C)cc2C)cc1C.CC.CC.CC. The Morgan fingerprint density at radius 3 is 1.43 bits per heavy atom. The second kappa shape index (κ2) is 21.7. The molecule has 3 nitrogen and oxygen atoms in total. The van der Waals surface area contributed by atoms with Crippen molar-refractivity contribution in [2.75, 3.05) is 0 Å². The van der Waals surface area contributed by atoms with Crippen LogP contribution in [0.15, 0.2) is 91.2 Å². The maximum Gasteiger partial charge on any atom is 0.120 e. The summed E-state index contributed by atoms with van der Waals surface area (Å²) in [6.07, 6.45) is 11.6. The Labute approximate surface area is 256 Å². The summed E-state index contributed by atoms with van der Waals surface area (Å²) in [7, 11) is 0. The molecule has 0 aliphatic carbocycles. The van der Waals surface area contributed by atoms with Crippen molar-refractivity contribution in [2.45, 2.75) is 88.4 Å². The van der Waals surface area contributed by atoms with Gasteiger partial charge < -0.3 is 14.6 Å². The number of benzene rings is 3. The number of aliphatic hydroxyl groups excluding tert-OH is 1. The van der Waals surface area contributed by atoms with Gasteiger partial charge in [0.2, 0.25) is 0 Å². The third-order valence-electron chi connectivity index (χ3n) is 5.86. The molecule has 0 saturated carbocycles. The van der Waals surface area contributed by atoms with Crippen LogP contribution in [0.25, 0.3) is 18.2 Å². The van der Waals surface area contributed by atoms with Gasteiger partial charge in [-0.1, -0.05) is 103 Å². The molecule has 3 rings (SSSR count). The zero-order chi connectivity index (χ0) is 32.1. The van der Waals surface area contributed by atoms with Gasteiger partial charge in [-0.15, -0.1) is 0 Å². The summed E-state index contributed by atoms with van der Waals surface area (Å²) in [5.74, 6) is 1.69. The van der Waals surface area contributed by atoms with Crippen LogP contribution in [0.2, 0.25) is 0 Å². The van der Waals surface area contributed by atoms with Gasteiger partial charge in [0, 0.05) is 0 Å². The van der Waals surface area contributed by atoms with E-state index in [1.807, 2.05) is 105 Å². The predicted molar refractivity (Wildman–Crippen MR) is 187 cm³/mol. The first-order valence-corrected chi connectivity index (χ1v) is 15.2. The fourth-order valence-corrected chi connectivity index (χ4v) is 3.76. The highest BCUT2D eigenvalue weighted by Crippen LogP contribution is 2.22. The van der Waals surface area contributed by atoms with E-state index in [0.717, 1.165) is 33.8 Å². The monoisotopic (exact) mass is 570 g/mol. The Hall–Kier alpha value is -3.98. The Bertz CT molecular complexity index is 1280. The number of ether oxygens (including phenoxy) is 2. The number of rotatable bonds is 10. The first-order chi connectivity index (χ1) is 20.2. The molecule has 3 aromatic rings. The third kappa shape index (κ3) is 14.1. The summed E-state index contributed by atoms with van der Waals surface area (Å²) >= 11 is 0. The van der Waals surface area contributed by atoms with Crippen LogP contribution in [0.5, 0.6) is 11.5 Å². The molecule has 3 heteroatoms. The van der Waals surface area contributed by atoms with E-state index in [-0.39, 0.29) is 18.0 Å². The minimum Gasteiger partial charge on any atom is -0.509 e.